The van der Waals surface area contributed by atoms with Crippen LogP contribution in [0.25, 0.3) is 10.9 Å². The molecule has 3 rings (SSSR count). The summed E-state index contributed by atoms with van der Waals surface area (Å²) in [6.45, 7) is 3.21. The highest BCUT2D eigenvalue weighted by Gasteiger charge is 2.19. The van der Waals surface area contributed by atoms with Gasteiger partial charge >= 0.3 is 5.97 Å². The molecule has 0 unspecified atom stereocenters. The zero-order valence-electron chi connectivity index (χ0n) is 14.4. The highest BCUT2D eigenvalue weighted by molar-refractivity contribution is 5.98. The largest absolute Gasteiger partial charge is 0.490 e. The fourth-order valence-electron chi connectivity index (χ4n) is 3.35. The van der Waals surface area contributed by atoms with Gasteiger partial charge in [0.25, 0.3) is 0 Å². The van der Waals surface area contributed by atoms with Gasteiger partial charge in [-0.05, 0) is 43.9 Å². The molecule has 1 aliphatic carbocycles. The first-order chi connectivity index (χ1) is 11.7. The first-order valence-electron chi connectivity index (χ1n) is 8.72. The second-order valence-corrected chi connectivity index (χ2v) is 6.28. The van der Waals surface area contributed by atoms with Crippen LogP contribution in [0, 0.1) is 5.92 Å². The van der Waals surface area contributed by atoms with E-state index in [0.29, 0.717) is 30.6 Å². The van der Waals surface area contributed by atoms with E-state index in [1.807, 2.05) is 19.1 Å². The van der Waals surface area contributed by atoms with Gasteiger partial charge in [0.15, 0.2) is 11.5 Å². The van der Waals surface area contributed by atoms with Crippen molar-refractivity contribution in [3.8, 4) is 11.5 Å². The van der Waals surface area contributed by atoms with Crippen LogP contribution < -0.4 is 9.47 Å². The number of fused-ring (bicyclic) bond motifs is 1. The molecule has 0 atom stereocenters. The zero-order valence-corrected chi connectivity index (χ0v) is 14.4. The standard InChI is InChI=1S/C19H25NO4/c1-3-23-17-10-9-15-14(11-16(20-15)19(21)22-2)18(17)24-12-13-7-5-4-6-8-13/h9-11,13,20H,3-8,12H2,1-2H3. The van der Waals surface area contributed by atoms with Crippen LogP contribution in [0.4, 0.5) is 0 Å². The summed E-state index contributed by atoms with van der Waals surface area (Å²) in [6, 6.07) is 5.57. The van der Waals surface area contributed by atoms with E-state index in [9.17, 15) is 4.79 Å². The Morgan fingerprint density at radius 3 is 2.71 bits per heavy atom. The summed E-state index contributed by atoms with van der Waals surface area (Å²) in [6.07, 6.45) is 6.35. The van der Waals surface area contributed by atoms with E-state index < -0.39 is 0 Å². The van der Waals surface area contributed by atoms with Gasteiger partial charge in [-0.15, -0.1) is 0 Å². The van der Waals surface area contributed by atoms with Crippen molar-refractivity contribution in [2.24, 2.45) is 5.92 Å². The molecule has 0 spiro atoms. The summed E-state index contributed by atoms with van der Waals surface area (Å²) in [7, 11) is 1.37. The van der Waals surface area contributed by atoms with E-state index in [-0.39, 0.29) is 5.97 Å². The Morgan fingerprint density at radius 1 is 1.21 bits per heavy atom. The number of nitrogens with one attached hydrogen (secondary N) is 1. The lowest BCUT2D eigenvalue weighted by atomic mass is 9.90. The SMILES string of the molecule is CCOc1ccc2[nH]c(C(=O)OC)cc2c1OCC1CCCCC1. The van der Waals surface area contributed by atoms with Crippen LogP contribution >= 0.6 is 0 Å². The normalized spacial score (nSPS) is 15.4. The fraction of sp³-hybridized carbons (Fsp3) is 0.526. The van der Waals surface area contributed by atoms with Crippen LogP contribution in [-0.2, 0) is 4.74 Å². The van der Waals surface area contributed by atoms with Crippen molar-refractivity contribution < 1.29 is 19.0 Å². The fourth-order valence-corrected chi connectivity index (χ4v) is 3.35. The van der Waals surface area contributed by atoms with E-state index in [1.165, 1.54) is 39.2 Å². The van der Waals surface area contributed by atoms with Crippen molar-refractivity contribution in [2.45, 2.75) is 39.0 Å². The number of esters is 1. The van der Waals surface area contributed by atoms with Gasteiger partial charge in [-0.1, -0.05) is 19.3 Å². The second kappa shape index (κ2) is 7.60. The van der Waals surface area contributed by atoms with Gasteiger partial charge in [0, 0.05) is 5.39 Å². The molecular formula is C19H25NO4. The van der Waals surface area contributed by atoms with Crippen LogP contribution in [0.1, 0.15) is 49.5 Å². The number of hydrogen-bond donors (Lipinski definition) is 1. The van der Waals surface area contributed by atoms with Crippen molar-refractivity contribution in [3.63, 3.8) is 0 Å². The van der Waals surface area contributed by atoms with Crippen LogP contribution in [0.15, 0.2) is 18.2 Å². The van der Waals surface area contributed by atoms with Crippen molar-refractivity contribution in [3.05, 3.63) is 23.9 Å². The maximum atomic E-state index is 11.8. The highest BCUT2D eigenvalue weighted by atomic mass is 16.5. The van der Waals surface area contributed by atoms with Gasteiger partial charge < -0.3 is 19.2 Å². The summed E-state index contributed by atoms with van der Waals surface area (Å²) in [4.78, 5) is 14.9. The lowest BCUT2D eigenvalue weighted by Crippen LogP contribution is -2.15. The maximum absolute atomic E-state index is 11.8. The number of benzene rings is 1. The molecule has 1 fully saturated rings. The van der Waals surface area contributed by atoms with Crippen molar-refractivity contribution in [1.29, 1.82) is 0 Å². The Balaban J connectivity index is 1.89. The van der Waals surface area contributed by atoms with Gasteiger partial charge in [-0.25, -0.2) is 4.79 Å². The summed E-state index contributed by atoms with van der Waals surface area (Å²) < 4.78 is 16.7. The predicted molar refractivity (Wildman–Crippen MR) is 92.9 cm³/mol. The molecule has 24 heavy (non-hydrogen) atoms. The van der Waals surface area contributed by atoms with Gasteiger partial charge in [-0.3, -0.25) is 0 Å². The van der Waals surface area contributed by atoms with Gasteiger partial charge in [0.1, 0.15) is 5.69 Å². The Labute approximate surface area is 142 Å². The molecule has 2 aromatic rings. The quantitative estimate of drug-likeness (QED) is 0.801. The average molecular weight is 331 g/mol. The molecule has 0 amide bonds. The van der Waals surface area contributed by atoms with E-state index in [0.717, 1.165) is 16.7 Å². The maximum Gasteiger partial charge on any atom is 0.354 e. The number of aromatic nitrogens is 1. The minimum atomic E-state index is -0.387. The molecule has 5 nitrogen and oxygen atoms in total. The van der Waals surface area contributed by atoms with Gasteiger partial charge in [0.2, 0.25) is 0 Å². The van der Waals surface area contributed by atoms with Crippen LogP contribution in [0.5, 0.6) is 11.5 Å². The Bertz CT molecular complexity index is 701. The molecule has 0 radical (unpaired) electrons. The zero-order chi connectivity index (χ0) is 16.9. The van der Waals surface area contributed by atoms with Crippen LogP contribution in [-0.4, -0.2) is 31.3 Å². The smallest absolute Gasteiger partial charge is 0.354 e. The summed E-state index contributed by atoms with van der Waals surface area (Å²) in [5, 5.41) is 0.858. The summed E-state index contributed by atoms with van der Waals surface area (Å²) in [5.41, 5.74) is 1.26. The predicted octanol–water partition coefficient (Wildman–Crippen LogP) is 4.31. The number of methoxy groups -OCH3 is 1. The Morgan fingerprint density at radius 2 is 2.00 bits per heavy atom. The minimum Gasteiger partial charge on any atom is -0.490 e. The van der Waals surface area contributed by atoms with E-state index >= 15 is 0 Å². The first-order valence-corrected chi connectivity index (χ1v) is 8.72. The molecule has 0 aliphatic heterocycles. The second-order valence-electron chi connectivity index (χ2n) is 6.28. The first kappa shape index (κ1) is 16.7. The summed E-state index contributed by atoms with van der Waals surface area (Å²) in [5.74, 6) is 1.65. The average Bonchev–Trinajstić information content (AvgIpc) is 3.05. The van der Waals surface area contributed by atoms with E-state index in [2.05, 4.69) is 4.98 Å². The van der Waals surface area contributed by atoms with E-state index in [4.69, 9.17) is 14.2 Å². The summed E-state index contributed by atoms with van der Waals surface area (Å²) >= 11 is 0. The molecule has 1 heterocycles. The molecule has 0 bridgehead atoms. The third-order valence-corrected chi connectivity index (χ3v) is 4.61. The Kier molecular flexibility index (Phi) is 5.28. The highest BCUT2D eigenvalue weighted by Crippen LogP contribution is 2.37. The number of ether oxygens (including phenoxy) is 3. The third kappa shape index (κ3) is 3.50. The lowest BCUT2D eigenvalue weighted by molar-refractivity contribution is 0.0595. The van der Waals surface area contributed by atoms with Crippen LogP contribution in [0.2, 0.25) is 0 Å². The Hall–Kier alpha value is -2.17. The molecular weight excluding hydrogens is 306 g/mol. The number of hydrogen-bond acceptors (Lipinski definition) is 4. The molecule has 1 N–H and O–H groups in total. The molecule has 5 heteroatoms. The lowest BCUT2D eigenvalue weighted by Gasteiger charge is -2.22. The molecule has 130 valence electrons. The topological polar surface area (TPSA) is 60.6 Å². The number of aromatic amines is 1. The number of H-pyrrole nitrogens is 1. The number of rotatable bonds is 6. The molecule has 1 aromatic heterocycles. The van der Waals surface area contributed by atoms with Crippen LogP contribution in [0.3, 0.4) is 0 Å². The molecule has 1 aliphatic rings. The van der Waals surface area contributed by atoms with Gasteiger partial charge in [0.05, 0.1) is 25.8 Å². The van der Waals surface area contributed by atoms with Gasteiger partial charge in [-0.2, -0.15) is 0 Å². The molecule has 1 saturated carbocycles. The number of carbonyl (C=O) groups excluding carboxylic acids is 1. The minimum absolute atomic E-state index is 0.387. The number of carbonyl (C=O) groups is 1. The van der Waals surface area contributed by atoms with Crippen molar-refractivity contribution >= 4 is 16.9 Å². The molecule has 0 saturated heterocycles. The molecule has 1 aromatic carbocycles. The third-order valence-electron chi connectivity index (χ3n) is 4.61. The van der Waals surface area contributed by atoms with E-state index in [1.54, 1.807) is 6.07 Å². The van der Waals surface area contributed by atoms with Crippen molar-refractivity contribution in [2.75, 3.05) is 20.3 Å². The van der Waals surface area contributed by atoms with Crippen molar-refractivity contribution in [1.82, 2.24) is 4.98 Å². The monoisotopic (exact) mass is 331 g/mol.